The minimum atomic E-state index is -0.621. The lowest BCUT2D eigenvalue weighted by molar-refractivity contribution is -0.253. The number of carboxylic acid groups (broad SMARTS) is 1. The quantitative estimate of drug-likeness (QED) is 0.291. The molecule has 3 saturated carbocycles. The fourth-order valence-corrected chi connectivity index (χ4v) is 12.0. The molecule has 264 valence electrons. The zero-order valence-corrected chi connectivity index (χ0v) is 31.1. The SMILES string of the molecule is Cc1nnn([C@@H]2C[C@@]34COCC(C)([C@H]2OC[C@](C)(N)C(C)C)[C@@H]3CC[C@H]2C4=CC[C@@]3(C)[C@H](C(=O)O)[C@@](C)([C@H](C)C(C)C)CC[C@]23C)n1. The van der Waals surface area contributed by atoms with Crippen molar-refractivity contribution in [1.82, 2.24) is 20.2 Å². The summed E-state index contributed by atoms with van der Waals surface area (Å²) in [4.78, 5) is 15.2. The van der Waals surface area contributed by atoms with Gasteiger partial charge in [-0.3, -0.25) is 4.79 Å². The molecule has 2 heterocycles. The number of allylic oxidation sites excluding steroid dienone is 1. The van der Waals surface area contributed by atoms with Crippen LogP contribution in [0.15, 0.2) is 11.6 Å². The van der Waals surface area contributed by atoms with E-state index in [2.05, 4.69) is 85.6 Å². The van der Waals surface area contributed by atoms with Crippen molar-refractivity contribution in [3.8, 4) is 0 Å². The summed E-state index contributed by atoms with van der Waals surface area (Å²) in [6.07, 6.45) is 8.06. The van der Waals surface area contributed by atoms with Crippen LogP contribution in [0.2, 0.25) is 0 Å². The van der Waals surface area contributed by atoms with Gasteiger partial charge in [-0.25, -0.2) is 0 Å². The van der Waals surface area contributed by atoms with Crippen molar-refractivity contribution in [1.29, 1.82) is 0 Å². The molecule has 0 amide bonds. The highest BCUT2D eigenvalue weighted by atomic mass is 16.5. The van der Waals surface area contributed by atoms with E-state index in [1.165, 1.54) is 5.57 Å². The Bertz CT molecular complexity index is 1410. The Morgan fingerprint density at radius 1 is 1.13 bits per heavy atom. The van der Waals surface area contributed by atoms with E-state index in [0.29, 0.717) is 49.3 Å². The van der Waals surface area contributed by atoms with Gasteiger partial charge >= 0.3 is 5.97 Å². The molecule has 4 aliphatic carbocycles. The van der Waals surface area contributed by atoms with Gasteiger partial charge in [-0.2, -0.15) is 4.80 Å². The molecule has 2 bridgehead atoms. The summed E-state index contributed by atoms with van der Waals surface area (Å²) in [6.45, 7) is 26.2. The van der Waals surface area contributed by atoms with Crippen molar-refractivity contribution < 1.29 is 19.4 Å². The number of aromatic nitrogens is 4. The zero-order chi connectivity index (χ0) is 34.5. The number of fused-ring (bicyclic) bond motifs is 3. The number of tetrazole rings is 1. The first kappa shape index (κ1) is 35.0. The van der Waals surface area contributed by atoms with Crippen molar-refractivity contribution >= 4 is 5.97 Å². The molecule has 1 aliphatic heterocycles. The third-order valence-corrected chi connectivity index (χ3v) is 15.8. The van der Waals surface area contributed by atoms with Gasteiger partial charge in [0.2, 0.25) is 0 Å². The first-order valence-electron chi connectivity index (χ1n) is 18.5. The number of hydrogen-bond donors (Lipinski definition) is 2. The molecule has 47 heavy (non-hydrogen) atoms. The summed E-state index contributed by atoms with van der Waals surface area (Å²) in [5, 5.41) is 24.7. The van der Waals surface area contributed by atoms with Crippen LogP contribution >= 0.6 is 0 Å². The third kappa shape index (κ3) is 4.85. The first-order valence-corrected chi connectivity index (χ1v) is 18.5. The minimum Gasteiger partial charge on any atom is -0.481 e. The van der Waals surface area contributed by atoms with Crippen LogP contribution in [0.25, 0.3) is 0 Å². The number of ether oxygens (including phenoxy) is 2. The standard InChI is InChI=1S/C38H63N5O4/c1-22(2)24(5)33(7)16-17-35(9)26-12-13-29-34(8)19-46-21-38(29,27(26)14-15-36(35,10)30(33)32(44)45)18-28(43-41-25(6)40-42-43)31(34)47-20-37(11,39)23(3)4/h14,22-24,26,28-31H,12-13,15-21,39H2,1-11H3,(H,44,45)/t24-,26+,28-,29+,30-,31+,33-,34?,35-,36+,37+,38+/m1/s1. The number of aryl methyl sites for hydroxylation is 1. The van der Waals surface area contributed by atoms with Crippen molar-refractivity contribution in [2.45, 2.75) is 132 Å². The Labute approximate surface area is 283 Å². The summed E-state index contributed by atoms with van der Waals surface area (Å²) in [5.41, 5.74) is 6.61. The maximum absolute atomic E-state index is 13.4. The van der Waals surface area contributed by atoms with Gasteiger partial charge in [0.25, 0.3) is 0 Å². The van der Waals surface area contributed by atoms with E-state index in [0.717, 1.165) is 38.5 Å². The van der Waals surface area contributed by atoms with E-state index in [9.17, 15) is 9.90 Å². The van der Waals surface area contributed by atoms with E-state index < -0.39 is 17.4 Å². The number of carboxylic acids is 1. The van der Waals surface area contributed by atoms with Gasteiger partial charge in [0.15, 0.2) is 5.82 Å². The van der Waals surface area contributed by atoms with Gasteiger partial charge in [0.05, 0.1) is 31.8 Å². The second-order valence-corrected chi connectivity index (χ2v) is 18.7. The second-order valence-electron chi connectivity index (χ2n) is 18.7. The van der Waals surface area contributed by atoms with Gasteiger partial charge in [0.1, 0.15) is 6.04 Å². The monoisotopic (exact) mass is 653 g/mol. The zero-order valence-electron chi connectivity index (χ0n) is 31.1. The summed E-state index contributed by atoms with van der Waals surface area (Å²) < 4.78 is 13.6. The van der Waals surface area contributed by atoms with Gasteiger partial charge in [-0.05, 0) is 103 Å². The highest BCUT2D eigenvalue weighted by Crippen LogP contribution is 2.75. The molecule has 9 heteroatoms. The van der Waals surface area contributed by atoms with Crippen molar-refractivity contribution in [2.75, 3.05) is 19.8 Å². The molecule has 12 atom stereocenters. The van der Waals surface area contributed by atoms with Gasteiger partial charge in [-0.1, -0.05) is 74.0 Å². The first-order chi connectivity index (χ1) is 21.8. The van der Waals surface area contributed by atoms with E-state index in [-0.39, 0.29) is 45.1 Å². The summed E-state index contributed by atoms with van der Waals surface area (Å²) in [6, 6.07) is -0.113. The number of rotatable bonds is 8. The largest absolute Gasteiger partial charge is 0.481 e. The summed E-state index contributed by atoms with van der Waals surface area (Å²) >= 11 is 0. The molecule has 1 aromatic rings. The molecule has 4 fully saturated rings. The average Bonchev–Trinajstić information content (AvgIpc) is 3.42. The lowest BCUT2D eigenvalue weighted by Gasteiger charge is -2.71. The Morgan fingerprint density at radius 3 is 2.43 bits per heavy atom. The summed E-state index contributed by atoms with van der Waals surface area (Å²) in [5.74, 6) is 1.32. The number of nitrogens with two attached hydrogens (primary N) is 1. The predicted octanol–water partition coefficient (Wildman–Crippen LogP) is 6.87. The third-order valence-electron chi connectivity index (χ3n) is 15.8. The van der Waals surface area contributed by atoms with Gasteiger partial charge in [-0.15, -0.1) is 10.2 Å². The van der Waals surface area contributed by atoms with Gasteiger partial charge < -0.3 is 20.3 Å². The van der Waals surface area contributed by atoms with Crippen molar-refractivity contribution in [3.63, 3.8) is 0 Å². The normalized spacial score (nSPS) is 45.0. The van der Waals surface area contributed by atoms with Gasteiger partial charge in [0, 0.05) is 16.4 Å². The fourth-order valence-electron chi connectivity index (χ4n) is 12.0. The number of nitrogens with zero attached hydrogens (tertiary/aromatic N) is 4. The number of hydrogen-bond acceptors (Lipinski definition) is 7. The molecular formula is C38H63N5O4. The maximum atomic E-state index is 13.4. The molecule has 0 radical (unpaired) electrons. The molecule has 0 aromatic carbocycles. The van der Waals surface area contributed by atoms with E-state index in [1.807, 2.05) is 11.7 Å². The van der Waals surface area contributed by atoms with Crippen LogP contribution < -0.4 is 5.73 Å². The van der Waals surface area contributed by atoms with Crippen LogP contribution in [0.5, 0.6) is 0 Å². The van der Waals surface area contributed by atoms with Crippen molar-refractivity contribution in [3.05, 3.63) is 17.5 Å². The molecule has 0 spiro atoms. The van der Waals surface area contributed by atoms with E-state index in [4.69, 9.17) is 20.3 Å². The lowest BCUT2D eigenvalue weighted by Crippen LogP contribution is -2.69. The molecule has 1 unspecified atom stereocenters. The maximum Gasteiger partial charge on any atom is 0.307 e. The molecule has 5 aliphatic rings. The average molecular weight is 654 g/mol. The van der Waals surface area contributed by atoms with Crippen LogP contribution in [0.3, 0.4) is 0 Å². The fraction of sp³-hybridized carbons (Fsp3) is 0.895. The van der Waals surface area contributed by atoms with Crippen LogP contribution in [0, 0.1) is 69.5 Å². The smallest absolute Gasteiger partial charge is 0.307 e. The molecule has 1 aromatic heterocycles. The Kier molecular flexibility index (Phi) is 8.45. The molecule has 1 saturated heterocycles. The number of aliphatic carboxylic acids is 1. The molecule has 9 nitrogen and oxygen atoms in total. The lowest BCUT2D eigenvalue weighted by atomic mass is 9.34. The topological polar surface area (TPSA) is 125 Å². The van der Waals surface area contributed by atoms with E-state index >= 15 is 0 Å². The highest BCUT2D eigenvalue weighted by molar-refractivity contribution is 5.73. The van der Waals surface area contributed by atoms with Crippen LogP contribution in [0.4, 0.5) is 0 Å². The van der Waals surface area contributed by atoms with Crippen LogP contribution in [-0.2, 0) is 14.3 Å². The van der Waals surface area contributed by atoms with Crippen molar-refractivity contribution in [2.24, 2.45) is 68.3 Å². The minimum absolute atomic E-state index is 0.113. The predicted molar refractivity (Wildman–Crippen MR) is 182 cm³/mol. The Balaban J connectivity index is 1.44. The Hall–Kier alpha value is -1.84. The van der Waals surface area contributed by atoms with Crippen LogP contribution in [-0.4, -0.2) is 62.7 Å². The second kappa shape index (κ2) is 11.3. The molecule has 6 rings (SSSR count). The summed E-state index contributed by atoms with van der Waals surface area (Å²) in [7, 11) is 0. The van der Waals surface area contributed by atoms with E-state index in [1.54, 1.807) is 0 Å². The highest BCUT2D eigenvalue weighted by Gasteiger charge is 2.72. The molecule has 3 N–H and O–H groups in total. The van der Waals surface area contributed by atoms with Crippen LogP contribution in [0.1, 0.15) is 120 Å². The molecular weight excluding hydrogens is 590 g/mol. The Morgan fingerprint density at radius 2 is 1.83 bits per heavy atom. The number of carbonyl (C=O) groups is 1.